The van der Waals surface area contributed by atoms with Gasteiger partial charge >= 0.3 is 0 Å². The highest BCUT2D eigenvalue weighted by Gasteiger charge is 2.11. The molecule has 0 atom stereocenters. The van der Waals surface area contributed by atoms with Crippen molar-refractivity contribution in [3.8, 4) is 17.2 Å². The van der Waals surface area contributed by atoms with Gasteiger partial charge in [-0.2, -0.15) is 0 Å². The Morgan fingerprint density at radius 1 is 0.889 bits per heavy atom. The van der Waals surface area contributed by atoms with Crippen LogP contribution < -0.4 is 4.74 Å². The summed E-state index contributed by atoms with van der Waals surface area (Å²) in [6.07, 6.45) is 8.02. The predicted molar refractivity (Wildman–Crippen MR) is 109 cm³/mol. The normalized spacial score (nSPS) is 11.2. The van der Waals surface area contributed by atoms with Gasteiger partial charge in [0.2, 0.25) is 0 Å². The Bertz CT molecular complexity index is 873. The molecule has 0 spiro atoms. The summed E-state index contributed by atoms with van der Waals surface area (Å²) in [6.45, 7) is 5.06. The van der Waals surface area contributed by atoms with Crippen LogP contribution in [0.4, 0.5) is 0 Å². The zero-order valence-electron chi connectivity index (χ0n) is 16.3. The molecule has 0 aliphatic heterocycles. The molecule has 5 heteroatoms. The lowest BCUT2D eigenvalue weighted by atomic mass is 10.1. The van der Waals surface area contributed by atoms with Gasteiger partial charge in [-0.15, -0.1) is 15.0 Å². The van der Waals surface area contributed by atoms with Gasteiger partial charge in [0.05, 0.1) is 6.61 Å². The van der Waals surface area contributed by atoms with Gasteiger partial charge in [-0.25, -0.2) is 0 Å². The fourth-order valence-electron chi connectivity index (χ4n) is 3.07. The van der Waals surface area contributed by atoms with Crippen LogP contribution in [-0.2, 0) is 6.42 Å². The van der Waals surface area contributed by atoms with E-state index in [2.05, 4.69) is 24.0 Å². The summed E-state index contributed by atoms with van der Waals surface area (Å²) < 4.78 is 5.75. The lowest BCUT2D eigenvalue weighted by Crippen LogP contribution is -2.00. The average Bonchev–Trinajstić information content (AvgIpc) is 3.10. The van der Waals surface area contributed by atoms with E-state index < -0.39 is 0 Å². The van der Waals surface area contributed by atoms with E-state index >= 15 is 0 Å². The molecule has 27 heavy (non-hydrogen) atoms. The van der Waals surface area contributed by atoms with Crippen LogP contribution in [0, 0.1) is 0 Å². The molecule has 0 aliphatic rings. The summed E-state index contributed by atoms with van der Waals surface area (Å²) >= 11 is 0. The molecule has 3 aromatic rings. The summed E-state index contributed by atoms with van der Waals surface area (Å²) in [6, 6.07) is 11.4. The molecule has 1 heterocycles. The summed E-state index contributed by atoms with van der Waals surface area (Å²) in [7, 11) is 0. The van der Waals surface area contributed by atoms with E-state index in [-0.39, 0.29) is 5.75 Å². The van der Waals surface area contributed by atoms with Crippen LogP contribution >= 0.6 is 0 Å². The van der Waals surface area contributed by atoms with Gasteiger partial charge in [0.25, 0.3) is 0 Å². The maximum atomic E-state index is 10.3. The van der Waals surface area contributed by atoms with Crippen molar-refractivity contribution >= 4 is 11.0 Å². The third kappa shape index (κ3) is 5.00. The van der Waals surface area contributed by atoms with Crippen LogP contribution in [0.5, 0.6) is 11.5 Å². The van der Waals surface area contributed by atoms with Crippen molar-refractivity contribution in [2.75, 3.05) is 6.61 Å². The van der Waals surface area contributed by atoms with Crippen LogP contribution in [0.1, 0.15) is 57.9 Å². The first-order valence-electron chi connectivity index (χ1n) is 10.0. The Balaban J connectivity index is 1.79. The first kappa shape index (κ1) is 19.2. The SMILES string of the molecule is CCCCCCc1ccc(O)c(-n2nc3ccc(OCCCC)cc3n2)c1. The Hall–Kier alpha value is -2.56. The minimum atomic E-state index is 0.187. The number of hydrogen-bond donors (Lipinski definition) is 1. The minimum Gasteiger partial charge on any atom is -0.506 e. The van der Waals surface area contributed by atoms with Gasteiger partial charge < -0.3 is 9.84 Å². The summed E-state index contributed by atoms with van der Waals surface area (Å²) in [4.78, 5) is 1.52. The van der Waals surface area contributed by atoms with Gasteiger partial charge in [-0.3, -0.25) is 0 Å². The zero-order valence-corrected chi connectivity index (χ0v) is 16.3. The van der Waals surface area contributed by atoms with Gasteiger partial charge in [0, 0.05) is 6.07 Å². The number of rotatable bonds is 10. The number of nitrogens with zero attached hydrogens (tertiary/aromatic N) is 3. The summed E-state index contributed by atoms with van der Waals surface area (Å²) in [5.74, 6) is 0.990. The molecule has 0 amide bonds. The van der Waals surface area contributed by atoms with Crippen molar-refractivity contribution in [3.63, 3.8) is 0 Å². The smallest absolute Gasteiger partial charge is 0.143 e. The van der Waals surface area contributed by atoms with Crippen LogP contribution in [0.2, 0.25) is 0 Å². The van der Waals surface area contributed by atoms with Gasteiger partial charge in [-0.05, 0) is 49.1 Å². The number of unbranched alkanes of at least 4 members (excludes halogenated alkanes) is 4. The number of phenols is 1. The Morgan fingerprint density at radius 3 is 2.52 bits per heavy atom. The van der Waals surface area contributed by atoms with Gasteiger partial charge in [0.15, 0.2) is 0 Å². The molecule has 5 nitrogen and oxygen atoms in total. The number of fused-ring (bicyclic) bond motifs is 1. The topological polar surface area (TPSA) is 60.2 Å². The number of aromatic hydroxyl groups is 1. The van der Waals surface area contributed by atoms with Crippen molar-refractivity contribution in [2.24, 2.45) is 0 Å². The summed E-state index contributed by atoms with van der Waals surface area (Å²) in [5.41, 5.74) is 3.36. The van der Waals surface area contributed by atoms with Crippen molar-refractivity contribution in [2.45, 2.75) is 58.8 Å². The maximum Gasteiger partial charge on any atom is 0.143 e. The number of aryl methyl sites for hydroxylation is 1. The second-order valence-electron chi connectivity index (χ2n) is 6.98. The summed E-state index contributed by atoms with van der Waals surface area (Å²) in [5, 5.41) is 19.4. The lowest BCUT2D eigenvalue weighted by molar-refractivity contribution is 0.310. The van der Waals surface area contributed by atoms with Crippen molar-refractivity contribution in [1.29, 1.82) is 0 Å². The molecule has 0 fully saturated rings. The van der Waals surface area contributed by atoms with Gasteiger partial charge in [-0.1, -0.05) is 45.6 Å². The predicted octanol–water partition coefficient (Wildman–Crippen LogP) is 5.43. The van der Waals surface area contributed by atoms with Gasteiger partial charge in [0.1, 0.15) is 28.2 Å². The third-order valence-corrected chi connectivity index (χ3v) is 4.69. The maximum absolute atomic E-state index is 10.3. The second-order valence-corrected chi connectivity index (χ2v) is 6.98. The fraction of sp³-hybridized carbons (Fsp3) is 0.455. The van der Waals surface area contributed by atoms with Crippen LogP contribution in [0.3, 0.4) is 0 Å². The first-order chi connectivity index (χ1) is 13.2. The van der Waals surface area contributed by atoms with E-state index in [1.54, 1.807) is 6.07 Å². The molecule has 0 bridgehead atoms. The minimum absolute atomic E-state index is 0.187. The monoisotopic (exact) mass is 367 g/mol. The van der Waals surface area contributed by atoms with E-state index in [0.717, 1.165) is 42.5 Å². The van der Waals surface area contributed by atoms with E-state index in [1.165, 1.54) is 29.6 Å². The molecule has 144 valence electrons. The second kappa shape index (κ2) is 9.40. The van der Waals surface area contributed by atoms with E-state index in [9.17, 15) is 5.11 Å². The number of aromatic nitrogens is 3. The molecule has 0 radical (unpaired) electrons. The molecule has 2 aromatic carbocycles. The van der Waals surface area contributed by atoms with Crippen LogP contribution in [-0.4, -0.2) is 26.7 Å². The Kier molecular flexibility index (Phi) is 6.69. The Morgan fingerprint density at radius 2 is 1.70 bits per heavy atom. The molecule has 0 saturated carbocycles. The molecular formula is C22H29N3O2. The van der Waals surface area contributed by atoms with Crippen LogP contribution in [0.25, 0.3) is 16.7 Å². The number of benzene rings is 2. The first-order valence-corrected chi connectivity index (χ1v) is 10.0. The number of phenolic OH excluding ortho intramolecular Hbond substituents is 1. The molecule has 0 saturated heterocycles. The Labute approximate surface area is 161 Å². The highest BCUT2D eigenvalue weighted by Crippen LogP contribution is 2.25. The molecule has 0 aliphatic carbocycles. The third-order valence-electron chi connectivity index (χ3n) is 4.69. The van der Waals surface area contributed by atoms with E-state index in [4.69, 9.17) is 4.74 Å². The number of ether oxygens (including phenoxy) is 1. The zero-order chi connectivity index (χ0) is 19.1. The van der Waals surface area contributed by atoms with E-state index in [0.29, 0.717) is 12.3 Å². The average molecular weight is 367 g/mol. The number of hydrogen-bond acceptors (Lipinski definition) is 4. The van der Waals surface area contributed by atoms with Crippen molar-refractivity contribution in [1.82, 2.24) is 15.0 Å². The molecule has 3 rings (SSSR count). The highest BCUT2D eigenvalue weighted by atomic mass is 16.5. The van der Waals surface area contributed by atoms with Crippen molar-refractivity contribution < 1.29 is 9.84 Å². The van der Waals surface area contributed by atoms with Crippen molar-refractivity contribution in [3.05, 3.63) is 42.0 Å². The molecular weight excluding hydrogens is 338 g/mol. The molecule has 1 N–H and O–H groups in total. The fourth-order valence-corrected chi connectivity index (χ4v) is 3.07. The standard InChI is InChI=1S/C22H29N3O2/c1-3-5-7-8-9-17-10-13-22(26)21(15-17)25-23-19-12-11-18(16-20(19)24-25)27-14-6-4-2/h10-13,15-16,26H,3-9,14H2,1-2H3. The van der Waals surface area contributed by atoms with E-state index in [1.807, 2.05) is 30.3 Å². The molecule has 1 aromatic heterocycles. The molecule has 0 unspecified atom stereocenters. The van der Waals surface area contributed by atoms with Crippen LogP contribution in [0.15, 0.2) is 36.4 Å². The lowest BCUT2D eigenvalue weighted by Gasteiger charge is -2.07. The quantitative estimate of drug-likeness (QED) is 0.486. The highest BCUT2D eigenvalue weighted by molar-refractivity contribution is 5.75. The largest absolute Gasteiger partial charge is 0.506 e.